The number of nitrogens with one attached hydrogen (secondary N) is 1. The molecule has 28 heavy (non-hydrogen) atoms. The van der Waals surface area contributed by atoms with Crippen LogP contribution in [0.5, 0.6) is 0 Å². The van der Waals surface area contributed by atoms with Gasteiger partial charge in [0.25, 0.3) is 0 Å². The van der Waals surface area contributed by atoms with Crippen molar-refractivity contribution in [1.29, 1.82) is 0 Å². The largest absolute Gasteiger partial charge is 0.418 e. The molecule has 0 radical (unpaired) electrons. The van der Waals surface area contributed by atoms with Crippen LogP contribution in [0.15, 0.2) is 54.6 Å². The van der Waals surface area contributed by atoms with Crippen LogP contribution in [0.25, 0.3) is 0 Å². The minimum absolute atomic E-state index is 0.0534. The van der Waals surface area contributed by atoms with Crippen LogP contribution in [0.2, 0.25) is 0 Å². The van der Waals surface area contributed by atoms with Crippen LogP contribution in [-0.4, -0.2) is 36.3 Å². The second-order valence-electron chi connectivity index (χ2n) is 6.14. The number of nitrogens with two attached hydrogens (primary N) is 1. The zero-order chi connectivity index (χ0) is 20.7. The van der Waals surface area contributed by atoms with Crippen molar-refractivity contribution in [3.05, 3.63) is 65.7 Å². The predicted molar refractivity (Wildman–Crippen MR) is 101 cm³/mol. The maximum Gasteiger partial charge on any atom is 0.418 e. The maximum atomic E-state index is 13.1. The topological polar surface area (TPSA) is 75.4 Å². The molecule has 2 aromatic carbocycles. The normalized spacial score (nSPS) is 12.3. The fraction of sp³-hybridized carbons (Fsp3) is 0.300. The Kier molecular flexibility index (Phi) is 7.17. The first-order valence-corrected chi connectivity index (χ1v) is 8.77. The van der Waals surface area contributed by atoms with E-state index in [1.165, 1.54) is 23.1 Å². The summed E-state index contributed by atoms with van der Waals surface area (Å²) in [6.07, 6.45) is -4.60. The van der Waals surface area contributed by atoms with Gasteiger partial charge in [-0.25, -0.2) is 0 Å². The molecule has 0 aliphatic rings. The number of halogens is 3. The third-order valence-corrected chi connectivity index (χ3v) is 4.27. The summed E-state index contributed by atoms with van der Waals surface area (Å²) < 4.78 is 39.2. The first kappa shape index (κ1) is 21.4. The van der Waals surface area contributed by atoms with Gasteiger partial charge in [-0.3, -0.25) is 9.59 Å². The highest BCUT2D eigenvalue weighted by Gasteiger charge is 2.34. The smallest absolute Gasteiger partial charge is 0.333 e. The molecule has 150 valence electrons. The van der Waals surface area contributed by atoms with E-state index in [1.54, 1.807) is 31.2 Å². The van der Waals surface area contributed by atoms with E-state index in [4.69, 9.17) is 5.73 Å². The van der Waals surface area contributed by atoms with Crippen molar-refractivity contribution in [2.24, 2.45) is 5.73 Å². The average Bonchev–Trinajstić information content (AvgIpc) is 2.67. The number of anilines is 1. The molecule has 0 bridgehead atoms. The van der Waals surface area contributed by atoms with Crippen LogP contribution in [-0.2, 0) is 15.8 Å². The van der Waals surface area contributed by atoms with Crippen molar-refractivity contribution in [2.45, 2.75) is 19.0 Å². The van der Waals surface area contributed by atoms with Gasteiger partial charge >= 0.3 is 6.18 Å². The molecule has 0 saturated heterocycles. The van der Waals surface area contributed by atoms with Gasteiger partial charge < -0.3 is 16.0 Å². The second-order valence-corrected chi connectivity index (χ2v) is 6.14. The minimum atomic E-state index is -4.60. The van der Waals surface area contributed by atoms with E-state index in [-0.39, 0.29) is 31.2 Å². The van der Waals surface area contributed by atoms with Crippen LogP contribution >= 0.6 is 0 Å². The quantitative estimate of drug-likeness (QED) is 0.758. The number of carbonyl (C=O) groups is 2. The molecule has 0 spiro atoms. The van der Waals surface area contributed by atoms with E-state index in [0.717, 1.165) is 11.6 Å². The Hall–Kier alpha value is -2.87. The van der Waals surface area contributed by atoms with Crippen LogP contribution in [0, 0.1) is 0 Å². The van der Waals surface area contributed by atoms with Crippen LogP contribution < -0.4 is 11.1 Å². The Morgan fingerprint density at radius 1 is 1.07 bits per heavy atom. The van der Waals surface area contributed by atoms with Gasteiger partial charge in [0.1, 0.15) is 0 Å². The van der Waals surface area contributed by atoms with Crippen molar-refractivity contribution in [3.63, 3.8) is 0 Å². The zero-order valence-electron chi connectivity index (χ0n) is 15.4. The molecule has 3 N–H and O–H groups in total. The highest BCUT2D eigenvalue weighted by atomic mass is 19.4. The summed E-state index contributed by atoms with van der Waals surface area (Å²) >= 11 is 0. The summed E-state index contributed by atoms with van der Waals surface area (Å²) in [6.45, 7) is 1.59. The molecule has 1 atom stereocenters. The summed E-state index contributed by atoms with van der Waals surface area (Å²) in [5, 5.41) is 2.25. The van der Waals surface area contributed by atoms with Crippen molar-refractivity contribution in [3.8, 4) is 0 Å². The van der Waals surface area contributed by atoms with Gasteiger partial charge in [-0.05, 0) is 24.6 Å². The van der Waals surface area contributed by atoms with Crippen molar-refractivity contribution in [1.82, 2.24) is 4.90 Å². The summed E-state index contributed by atoms with van der Waals surface area (Å²) in [5.41, 5.74) is 5.18. The van der Waals surface area contributed by atoms with E-state index >= 15 is 0 Å². The van der Waals surface area contributed by atoms with Crippen LogP contribution in [0.3, 0.4) is 0 Å². The molecular weight excluding hydrogens is 371 g/mol. The number of nitrogens with zero attached hydrogens (tertiary/aromatic N) is 1. The van der Waals surface area contributed by atoms with Gasteiger partial charge in [0.2, 0.25) is 11.8 Å². The van der Waals surface area contributed by atoms with E-state index < -0.39 is 23.6 Å². The Balaban J connectivity index is 2.12. The SMILES string of the molecule is CCN(CC(=O)Nc1ccccc1C(F)(F)F)C(=O)C(CN)c1ccccc1. The molecule has 8 heteroatoms. The molecular formula is C20H22F3N3O2. The molecule has 2 rings (SSSR count). The van der Waals surface area contributed by atoms with Gasteiger partial charge in [-0.15, -0.1) is 0 Å². The highest BCUT2D eigenvalue weighted by Crippen LogP contribution is 2.34. The third kappa shape index (κ3) is 5.32. The Bertz CT molecular complexity index is 810. The average molecular weight is 393 g/mol. The fourth-order valence-electron chi connectivity index (χ4n) is 2.83. The van der Waals surface area contributed by atoms with Gasteiger partial charge in [0, 0.05) is 13.1 Å². The lowest BCUT2D eigenvalue weighted by Crippen LogP contribution is -2.42. The van der Waals surface area contributed by atoms with E-state index in [2.05, 4.69) is 5.32 Å². The van der Waals surface area contributed by atoms with E-state index in [9.17, 15) is 22.8 Å². The summed E-state index contributed by atoms with van der Waals surface area (Å²) in [5.74, 6) is -1.69. The van der Waals surface area contributed by atoms with Crippen molar-refractivity contribution >= 4 is 17.5 Å². The molecule has 0 aliphatic heterocycles. The van der Waals surface area contributed by atoms with Crippen LogP contribution in [0.1, 0.15) is 24.0 Å². The first-order valence-electron chi connectivity index (χ1n) is 8.77. The lowest BCUT2D eigenvalue weighted by atomic mass is 9.97. The minimum Gasteiger partial charge on any atom is -0.333 e. The summed E-state index contributed by atoms with van der Waals surface area (Å²) in [6, 6.07) is 13.6. The van der Waals surface area contributed by atoms with Gasteiger partial charge in [0.15, 0.2) is 0 Å². The maximum absolute atomic E-state index is 13.1. The summed E-state index contributed by atoms with van der Waals surface area (Å²) in [4.78, 5) is 26.4. The number of likely N-dealkylation sites (N-methyl/N-ethyl adjacent to an activating group) is 1. The number of para-hydroxylation sites is 1. The standard InChI is InChI=1S/C20H22F3N3O2/c1-2-26(19(28)15(12-24)14-8-4-3-5-9-14)13-18(27)25-17-11-7-6-10-16(17)20(21,22)23/h3-11,15H,2,12-13,24H2,1H3,(H,25,27). The number of amides is 2. The predicted octanol–water partition coefficient (Wildman–Crippen LogP) is 3.23. The molecule has 0 fully saturated rings. The second kappa shape index (κ2) is 9.36. The number of rotatable bonds is 7. The van der Waals surface area contributed by atoms with Crippen molar-refractivity contribution in [2.75, 3.05) is 25.0 Å². The molecule has 0 aliphatic carbocycles. The number of carbonyl (C=O) groups excluding carboxylic acids is 2. The Labute approximate surface area is 161 Å². The fourth-order valence-corrected chi connectivity index (χ4v) is 2.83. The molecule has 0 saturated carbocycles. The highest BCUT2D eigenvalue weighted by molar-refractivity contribution is 5.96. The molecule has 0 heterocycles. The Morgan fingerprint density at radius 2 is 1.68 bits per heavy atom. The van der Waals surface area contributed by atoms with Crippen molar-refractivity contribution < 1.29 is 22.8 Å². The monoisotopic (exact) mass is 393 g/mol. The molecule has 5 nitrogen and oxygen atoms in total. The number of alkyl halides is 3. The van der Waals surface area contributed by atoms with Crippen LogP contribution in [0.4, 0.5) is 18.9 Å². The molecule has 2 aromatic rings. The van der Waals surface area contributed by atoms with E-state index in [0.29, 0.717) is 0 Å². The molecule has 0 aromatic heterocycles. The number of hydrogen-bond acceptors (Lipinski definition) is 3. The lowest BCUT2D eigenvalue weighted by molar-refractivity contribution is -0.137. The van der Waals surface area contributed by atoms with Gasteiger partial charge in [0.05, 0.1) is 23.7 Å². The number of benzene rings is 2. The lowest BCUT2D eigenvalue weighted by Gasteiger charge is -2.25. The first-order chi connectivity index (χ1) is 13.3. The number of hydrogen-bond donors (Lipinski definition) is 2. The zero-order valence-corrected chi connectivity index (χ0v) is 15.4. The van der Waals surface area contributed by atoms with Gasteiger partial charge in [-0.2, -0.15) is 13.2 Å². The van der Waals surface area contributed by atoms with Gasteiger partial charge in [-0.1, -0.05) is 42.5 Å². The van der Waals surface area contributed by atoms with E-state index in [1.807, 2.05) is 6.07 Å². The molecule has 1 unspecified atom stereocenters. The molecule has 2 amide bonds. The third-order valence-electron chi connectivity index (χ3n) is 4.27. The Morgan fingerprint density at radius 3 is 2.25 bits per heavy atom. The summed E-state index contributed by atoms with van der Waals surface area (Å²) in [7, 11) is 0.